The van der Waals surface area contributed by atoms with Gasteiger partial charge in [0.25, 0.3) is 0 Å². The number of aliphatic hydroxyl groups excluding tert-OH is 1. The summed E-state index contributed by atoms with van der Waals surface area (Å²) in [5.74, 6) is 0.789. The van der Waals surface area contributed by atoms with Crippen molar-refractivity contribution in [2.45, 2.75) is 46.1 Å². The highest BCUT2D eigenvalue weighted by Crippen LogP contribution is 2.15. The van der Waals surface area contributed by atoms with E-state index in [0.29, 0.717) is 11.5 Å². The Morgan fingerprint density at radius 3 is 2.40 bits per heavy atom. The third kappa shape index (κ3) is 4.81. The van der Waals surface area contributed by atoms with Gasteiger partial charge in [-0.15, -0.1) is 0 Å². The van der Waals surface area contributed by atoms with Crippen molar-refractivity contribution in [3.63, 3.8) is 0 Å². The highest BCUT2D eigenvalue weighted by atomic mass is 16.3. The van der Waals surface area contributed by atoms with E-state index in [1.165, 1.54) is 0 Å². The molecule has 0 fully saturated rings. The van der Waals surface area contributed by atoms with E-state index in [-0.39, 0.29) is 24.5 Å². The van der Waals surface area contributed by atoms with Crippen LogP contribution in [0.1, 0.15) is 40.0 Å². The molecule has 0 saturated carbocycles. The van der Waals surface area contributed by atoms with Crippen LogP contribution in [0.2, 0.25) is 0 Å². The van der Waals surface area contributed by atoms with Crippen molar-refractivity contribution in [2.75, 3.05) is 17.2 Å². The quantitative estimate of drug-likeness (QED) is 0.684. The Morgan fingerprint density at radius 1 is 1.25 bits per heavy atom. The number of amides is 1. The summed E-state index contributed by atoms with van der Waals surface area (Å²) in [6.07, 6.45) is 4.13. The second kappa shape index (κ2) is 8.53. The Kier molecular flexibility index (Phi) is 7.01. The van der Waals surface area contributed by atoms with E-state index in [0.717, 1.165) is 19.3 Å². The van der Waals surface area contributed by atoms with Crippen molar-refractivity contribution in [1.82, 2.24) is 4.98 Å². The Hall–Kier alpha value is -1.62. The van der Waals surface area contributed by atoms with Crippen LogP contribution in [0.3, 0.4) is 0 Å². The maximum absolute atomic E-state index is 11.9. The van der Waals surface area contributed by atoms with E-state index in [4.69, 9.17) is 5.11 Å². The minimum atomic E-state index is 0.00695. The van der Waals surface area contributed by atoms with E-state index >= 15 is 0 Å². The van der Waals surface area contributed by atoms with Crippen LogP contribution in [0.15, 0.2) is 18.3 Å². The van der Waals surface area contributed by atoms with Crippen molar-refractivity contribution < 1.29 is 9.90 Å². The first-order chi connectivity index (χ1) is 9.64. The molecule has 1 rings (SSSR count). The fourth-order valence-electron chi connectivity index (χ4n) is 1.94. The SMILES string of the molecule is CCC(CO)Nc1ccc(NC(=O)C(CC)CC)cn1. The fraction of sp³-hybridized carbons (Fsp3) is 0.600. The van der Waals surface area contributed by atoms with E-state index in [2.05, 4.69) is 15.6 Å². The summed E-state index contributed by atoms with van der Waals surface area (Å²) < 4.78 is 0. The summed E-state index contributed by atoms with van der Waals surface area (Å²) in [6.45, 7) is 6.10. The van der Waals surface area contributed by atoms with Gasteiger partial charge in [-0.1, -0.05) is 20.8 Å². The van der Waals surface area contributed by atoms with Crippen LogP contribution >= 0.6 is 0 Å². The number of nitrogens with one attached hydrogen (secondary N) is 2. The molecule has 0 saturated heterocycles. The van der Waals surface area contributed by atoms with Gasteiger partial charge >= 0.3 is 0 Å². The molecule has 0 bridgehead atoms. The van der Waals surface area contributed by atoms with Crippen molar-refractivity contribution in [3.05, 3.63) is 18.3 Å². The van der Waals surface area contributed by atoms with Crippen molar-refractivity contribution in [3.8, 4) is 0 Å². The third-order valence-electron chi connectivity index (χ3n) is 3.45. The molecule has 1 aromatic rings. The number of carbonyl (C=O) groups is 1. The zero-order valence-electron chi connectivity index (χ0n) is 12.5. The average Bonchev–Trinajstić information content (AvgIpc) is 2.47. The van der Waals surface area contributed by atoms with Crippen LogP contribution in [-0.4, -0.2) is 28.6 Å². The van der Waals surface area contributed by atoms with Gasteiger partial charge in [0, 0.05) is 5.92 Å². The lowest BCUT2D eigenvalue weighted by Crippen LogP contribution is -2.23. The van der Waals surface area contributed by atoms with Crippen LogP contribution in [0.4, 0.5) is 11.5 Å². The molecule has 5 heteroatoms. The van der Waals surface area contributed by atoms with Gasteiger partial charge in [0.1, 0.15) is 5.82 Å². The Labute approximate surface area is 120 Å². The monoisotopic (exact) mass is 279 g/mol. The molecular weight excluding hydrogens is 254 g/mol. The first kappa shape index (κ1) is 16.4. The van der Waals surface area contributed by atoms with Gasteiger partial charge in [-0.3, -0.25) is 4.79 Å². The van der Waals surface area contributed by atoms with Gasteiger partial charge in [0.15, 0.2) is 0 Å². The van der Waals surface area contributed by atoms with Crippen molar-refractivity contribution in [2.24, 2.45) is 5.92 Å². The van der Waals surface area contributed by atoms with Crippen molar-refractivity contribution >= 4 is 17.4 Å². The number of hydrogen-bond donors (Lipinski definition) is 3. The maximum Gasteiger partial charge on any atom is 0.227 e. The molecule has 0 aliphatic rings. The van der Waals surface area contributed by atoms with Crippen LogP contribution in [0, 0.1) is 5.92 Å². The average molecular weight is 279 g/mol. The second-order valence-electron chi connectivity index (χ2n) is 4.87. The summed E-state index contributed by atoms with van der Waals surface area (Å²) in [7, 11) is 0. The minimum absolute atomic E-state index is 0.00695. The first-order valence-corrected chi connectivity index (χ1v) is 7.28. The van der Waals surface area contributed by atoms with Gasteiger partial charge in [0.05, 0.1) is 24.5 Å². The zero-order valence-corrected chi connectivity index (χ0v) is 12.5. The summed E-state index contributed by atoms with van der Waals surface area (Å²) in [5, 5.41) is 15.1. The number of anilines is 2. The normalized spacial score (nSPS) is 12.2. The molecule has 1 amide bonds. The largest absolute Gasteiger partial charge is 0.394 e. The van der Waals surface area contributed by atoms with Crippen LogP contribution < -0.4 is 10.6 Å². The molecule has 5 nitrogen and oxygen atoms in total. The van der Waals surface area contributed by atoms with Gasteiger partial charge < -0.3 is 15.7 Å². The molecule has 1 heterocycles. The summed E-state index contributed by atoms with van der Waals surface area (Å²) in [4.78, 5) is 16.2. The number of carbonyl (C=O) groups excluding carboxylic acids is 1. The summed E-state index contributed by atoms with van der Waals surface area (Å²) in [6, 6.07) is 3.63. The topological polar surface area (TPSA) is 74.2 Å². The third-order valence-corrected chi connectivity index (χ3v) is 3.45. The maximum atomic E-state index is 11.9. The number of pyridine rings is 1. The highest BCUT2D eigenvalue weighted by Gasteiger charge is 2.14. The Bertz CT molecular complexity index is 398. The molecule has 0 radical (unpaired) electrons. The summed E-state index contributed by atoms with van der Waals surface area (Å²) in [5.41, 5.74) is 0.699. The van der Waals surface area contributed by atoms with E-state index < -0.39 is 0 Å². The van der Waals surface area contributed by atoms with Gasteiger partial charge in [-0.2, -0.15) is 0 Å². The zero-order chi connectivity index (χ0) is 15.0. The first-order valence-electron chi connectivity index (χ1n) is 7.28. The Balaban J connectivity index is 2.60. The van der Waals surface area contributed by atoms with Gasteiger partial charge in [-0.25, -0.2) is 4.98 Å². The van der Waals surface area contributed by atoms with Crippen LogP contribution in [0.25, 0.3) is 0 Å². The van der Waals surface area contributed by atoms with Crippen molar-refractivity contribution in [1.29, 1.82) is 0 Å². The predicted octanol–water partition coefficient (Wildman–Crippen LogP) is 2.64. The van der Waals surface area contributed by atoms with Crippen LogP contribution in [0.5, 0.6) is 0 Å². The fourth-order valence-corrected chi connectivity index (χ4v) is 1.94. The lowest BCUT2D eigenvalue weighted by Gasteiger charge is -2.15. The number of aromatic nitrogens is 1. The number of aliphatic hydroxyl groups is 1. The molecule has 0 spiro atoms. The molecule has 1 atom stereocenters. The molecule has 3 N–H and O–H groups in total. The van der Waals surface area contributed by atoms with Crippen LogP contribution in [-0.2, 0) is 4.79 Å². The van der Waals surface area contributed by atoms with Gasteiger partial charge in [-0.05, 0) is 31.4 Å². The molecule has 1 unspecified atom stereocenters. The number of nitrogens with zero attached hydrogens (tertiary/aromatic N) is 1. The number of rotatable bonds is 8. The lowest BCUT2D eigenvalue weighted by molar-refractivity contribution is -0.120. The predicted molar refractivity (Wildman–Crippen MR) is 81.7 cm³/mol. The molecule has 0 aromatic carbocycles. The molecular formula is C15H25N3O2. The minimum Gasteiger partial charge on any atom is -0.394 e. The Morgan fingerprint density at radius 2 is 1.95 bits per heavy atom. The second-order valence-corrected chi connectivity index (χ2v) is 4.87. The summed E-state index contributed by atoms with van der Waals surface area (Å²) >= 11 is 0. The standard InChI is InChI=1S/C15H25N3O2/c1-4-11(5-2)15(20)18-13-7-8-14(16-9-13)17-12(6-3)10-19/h7-9,11-12,19H,4-6,10H2,1-3H3,(H,16,17)(H,18,20). The highest BCUT2D eigenvalue weighted by molar-refractivity contribution is 5.92. The smallest absolute Gasteiger partial charge is 0.227 e. The molecule has 1 aromatic heterocycles. The van der Waals surface area contributed by atoms with Gasteiger partial charge in [0.2, 0.25) is 5.91 Å². The molecule has 20 heavy (non-hydrogen) atoms. The number of hydrogen-bond acceptors (Lipinski definition) is 4. The van der Waals surface area contributed by atoms with E-state index in [1.807, 2.05) is 26.8 Å². The molecule has 112 valence electrons. The van der Waals surface area contributed by atoms with E-state index in [9.17, 15) is 4.79 Å². The lowest BCUT2D eigenvalue weighted by atomic mass is 10.0. The molecule has 0 aliphatic carbocycles. The molecule has 0 aliphatic heterocycles. The van der Waals surface area contributed by atoms with E-state index in [1.54, 1.807) is 12.3 Å².